The minimum absolute atomic E-state index is 0.0311. The number of carboxylic acids is 4. The molecule has 0 bridgehead atoms. The molecule has 22 heteroatoms. The van der Waals surface area contributed by atoms with Crippen LogP contribution in [0.4, 0.5) is 0 Å². The monoisotopic (exact) mass is 861 g/mol. The number of rotatable bonds is 26. The summed E-state index contributed by atoms with van der Waals surface area (Å²) in [6, 6.07) is 0.165. The van der Waals surface area contributed by atoms with Crippen molar-refractivity contribution < 1.29 is 73.5 Å². The van der Waals surface area contributed by atoms with Crippen LogP contribution in [-0.2, 0) is 47.9 Å². The van der Waals surface area contributed by atoms with Gasteiger partial charge in [0.1, 0.15) is 36.3 Å². The van der Waals surface area contributed by atoms with Gasteiger partial charge in [-0.2, -0.15) is 0 Å². The highest BCUT2D eigenvalue weighted by molar-refractivity contribution is 5.97. The van der Waals surface area contributed by atoms with Crippen LogP contribution < -0.4 is 31.9 Å². The van der Waals surface area contributed by atoms with Gasteiger partial charge in [-0.15, -0.1) is 0 Å². The molecule has 2 rings (SSSR count). The predicted molar refractivity (Wildman–Crippen MR) is 213 cm³/mol. The summed E-state index contributed by atoms with van der Waals surface area (Å²) < 4.78 is 0. The molecule has 61 heavy (non-hydrogen) atoms. The summed E-state index contributed by atoms with van der Waals surface area (Å²) in [5.41, 5.74) is 0.761. The van der Waals surface area contributed by atoms with E-state index >= 15 is 0 Å². The summed E-state index contributed by atoms with van der Waals surface area (Å²) in [6.45, 7) is 3.73. The van der Waals surface area contributed by atoms with Gasteiger partial charge in [0.05, 0.1) is 19.1 Å². The van der Waals surface area contributed by atoms with Crippen molar-refractivity contribution in [2.24, 2.45) is 5.92 Å². The first-order chi connectivity index (χ1) is 28.7. The standard InChI is InChI=1S/C39H55N7O15/c1-21(2)18-27(39(60)61)44-34(55)24(11-13-30(49)50)42-29(48)20-41-37(58)33(22(3)47)45-35(56)25(12-14-31(51)52)43-36(57)28-10-7-17-46(28)38(59)26(19-32(53)54)40-16-15-23-8-5-4-6-9-23/h4-6,8-9,15-16,21-22,24-28,33,40,47H,7,10-14,17-20H2,1-3H3,(H,41,58)(H,42,48)(H,43,57)(H,44,55)(H,45,56)(H,49,50)(H,51,52)(H,53,54)(H,60,61)/b16-15+/t22-,24+,25+,26+,27+,28+,33+/m1/s1. The van der Waals surface area contributed by atoms with Crippen molar-refractivity contribution in [1.29, 1.82) is 0 Å². The van der Waals surface area contributed by atoms with Gasteiger partial charge in [-0.05, 0) is 62.8 Å². The minimum Gasteiger partial charge on any atom is -0.481 e. The van der Waals surface area contributed by atoms with E-state index in [0.29, 0.717) is 6.42 Å². The first-order valence-electron chi connectivity index (χ1n) is 19.5. The van der Waals surface area contributed by atoms with Crippen molar-refractivity contribution in [3.63, 3.8) is 0 Å². The summed E-state index contributed by atoms with van der Waals surface area (Å²) >= 11 is 0. The number of carbonyl (C=O) groups is 10. The van der Waals surface area contributed by atoms with Crippen LogP contribution >= 0.6 is 0 Å². The van der Waals surface area contributed by atoms with E-state index in [-0.39, 0.29) is 25.3 Å². The Balaban J connectivity index is 2.16. The Bertz CT molecular complexity index is 1770. The summed E-state index contributed by atoms with van der Waals surface area (Å²) in [5, 5.41) is 61.9. The second-order valence-electron chi connectivity index (χ2n) is 14.8. The second-order valence-corrected chi connectivity index (χ2v) is 14.8. The Hall–Kier alpha value is -6.58. The van der Waals surface area contributed by atoms with Crippen LogP contribution in [0.5, 0.6) is 0 Å². The van der Waals surface area contributed by atoms with Crippen molar-refractivity contribution in [3.8, 4) is 0 Å². The third kappa shape index (κ3) is 18.1. The third-order valence-corrected chi connectivity index (χ3v) is 9.27. The van der Waals surface area contributed by atoms with Gasteiger partial charge >= 0.3 is 23.9 Å². The SMILES string of the molecule is CC(C)C[C@H](NC(=O)[C@H](CCC(=O)O)NC(=O)CNC(=O)[C@@H](NC(=O)[C@H](CCC(=O)O)NC(=O)[C@@H]1CCCN1C(=O)[C@H](CC(=O)O)N/C=C/c1ccccc1)[C@@H](C)O)C(=O)O. The van der Waals surface area contributed by atoms with E-state index in [0.717, 1.165) is 17.4 Å². The molecule has 0 aromatic heterocycles. The molecular formula is C39H55N7O15. The Morgan fingerprint density at radius 3 is 1.87 bits per heavy atom. The number of nitrogens with one attached hydrogen (secondary N) is 6. The first-order valence-corrected chi connectivity index (χ1v) is 19.5. The Labute approximate surface area is 350 Å². The molecule has 1 aliphatic heterocycles. The van der Waals surface area contributed by atoms with E-state index in [9.17, 15) is 68.4 Å². The summed E-state index contributed by atoms with van der Waals surface area (Å²) in [6.07, 6.45) is -0.944. The lowest BCUT2D eigenvalue weighted by Gasteiger charge is -2.29. The van der Waals surface area contributed by atoms with Crippen molar-refractivity contribution in [2.75, 3.05) is 13.1 Å². The van der Waals surface area contributed by atoms with E-state index in [2.05, 4.69) is 31.9 Å². The zero-order chi connectivity index (χ0) is 45.8. The van der Waals surface area contributed by atoms with Crippen molar-refractivity contribution in [3.05, 3.63) is 42.1 Å². The van der Waals surface area contributed by atoms with Crippen LogP contribution in [0.25, 0.3) is 6.08 Å². The van der Waals surface area contributed by atoms with Gasteiger partial charge in [-0.1, -0.05) is 44.2 Å². The Morgan fingerprint density at radius 1 is 0.738 bits per heavy atom. The summed E-state index contributed by atoms with van der Waals surface area (Å²) in [4.78, 5) is 127. The molecule has 0 spiro atoms. The van der Waals surface area contributed by atoms with Crippen LogP contribution in [-0.4, -0.2) is 145 Å². The molecule has 0 saturated carbocycles. The van der Waals surface area contributed by atoms with Crippen LogP contribution in [0.3, 0.4) is 0 Å². The predicted octanol–water partition coefficient (Wildman–Crippen LogP) is -1.62. The molecule has 22 nitrogen and oxygen atoms in total. The number of hydrogen-bond acceptors (Lipinski definition) is 12. The number of benzene rings is 1. The zero-order valence-electron chi connectivity index (χ0n) is 34.0. The maximum absolute atomic E-state index is 13.6. The molecule has 1 aromatic carbocycles. The van der Waals surface area contributed by atoms with E-state index in [1.807, 2.05) is 0 Å². The average Bonchev–Trinajstić information content (AvgIpc) is 3.68. The summed E-state index contributed by atoms with van der Waals surface area (Å²) in [7, 11) is 0. The Morgan fingerprint density at radius 2 is 1.33 bits per heavy atom. The quantitative estimate of drug-likeness (QED) is 0.0499. The van der Waals surface area contributed by atoms with Crippen molar-refractivity contribution in [1.82, 2.24) is 36.8 Å². The molecule has 1 fully saturated rings. The maximum atomic E-state index is 13.6. The van der Waals surface area contributed by atoms with Crippen LogP contribution in [0, 0.1) is 5.92 Å². The topological polar surface area (TPSA) is 347 Å². The van der Waals surface area contributed by atoms with Gasteiger partial charge in [0, 0.05) is 19.4 Å². The molecule has 0 unspecified atom stereocenters. The van der Waals surface area contributed by atoms with Crippen LogP contribution in [0.1, 0.15) is 77.7 Å². The number of aliphatic hydroxyl groups excluding tert-OH is 1. The fourth-order valence-electron chi connectivity index (χ4n) is 6.21. The van der Waals surface area contributed by atoms with E-state index in [4.69, 9.17) is 5.11 Å². The molecule has 1 aromatic rings. The lowest BCUT2D eigenvalue weighted by atomic mass is 10.0. The van der Waals surface area contributed by atoms with Crippen LogP contribution in [0.15, 0.2) is 36.5 Å². The highest BCUT2D eigenvalue weighted by Crippen LogP contribution is 2.20. The summed E-state index contributed by atoms with van der Waals surface area (Å²) in [5.74, 6) is -11.3. The van der Waals surface area contributed by atoms with Crippen molar-refractivity contribution >= 4 is 65.4 Å². The minimum atomic E-state index is -1.79. The number of aliphatic carboxylic acids is 4. The lowest BCUT2D eigenvalue weighted by Crippen LogP contribution is -2.60. The lowest BCUT2D eigenvalue weighted by molar-refractivity contribution is -0.145. The molecule has 0 radical (unpaired) electrons. The van der Waals surface area contributed by atoms with Crippen molar-refractivity contribution in [2.45, 2.75) is 114 Å². The molecule has 7 atom stereocenters. The molecule has 0 aliphatic carbocycles. The fourth-order valence-corrected chi connectivity index (χ4v) is 6.21. The molecule has 1 heterocycles. The first kappa shape index (κ1) is 50.6. The maximum Gasteiger partial charge on any atom is 0.326 e. The number of nitrogens with zero attached hydrogens (tertiary/aromatic N) is 1. The smallest absolute Gasteiger partial charge is 0.326 e. The van der Waals surface area contributed by atoms with E-state index < -0.39 is 140 Å². The second kappa shape index (κ2) is 25.1. The van der Waals surface area contributed by atoms with Gasteiger partial charge in [-0.3, -0.25) is 43.2 Å². The molecule has 336 valence electrons. The number of hydrogen-bond donors (Lipinski definition) is 11. The fraction of sp³-hybridized carbons (Fsp3) is 0.538. The van der Waals surface area contributed by atoms with E-state index in [1.54, 1.807) is 50.3 Å². The number of carbonyl (C=O) groups excluding carboxylic acids is 6. The van der Waals surface area contributed by atoms with E-state index in [1.165, 1.54) is 6.20 Å². The van der Waals surface area contributed by atoms with Gasteiger partial charge in [0.15, 0.2) is 0 Å². The highest BCUT2D eigenvalue weighted by atomic mass is 16.4. The molecule has 11 N–H and O–H groups in total. The largest absolute Gasteiger partial charge is 0.481 e. The van der Waals surface area contributed by atoms with Gasteiger partial charge < -0.3 is 62.3 Å². The Kier molecular flexibility index (Phi) is 20.8. The number of carboxylic acid groups (broad SMARTS) is 4. The highest BCUT2D eigenvalue weighted by Gasteiger charge is 2.39. The van der Waals surface area contributed by atoms with Gasteiger partial charge in [-0.25, -0.2) is 4.79 Å². The van der Waals surface area contributed by atoms with Crippen LogP contribution in [0.2, 0.25) is 0 Å². The average molecular weight is 862 g/mol. The molecule has 1 aliphatic rings. The molecular weight excluding hydrogens is 806 g/mol. The zero-order valence-corrected chi connectivity index (χ0v) is 34.0. The number of aliphatic hydroxyl groups is 1. The normalized spacial score (nSPS) is 16.5. The molecule has 6 amide bonds. The number of amides is 6. The third-order valence-electron chi connectivity index (χ3n) is 9.27. The van der Waals surface area contributed by atoms with Gasteiger partial charge in [0.2, 0.25) is 35.4 Å². The number of likely N-dealkylation sites (tertiary alicyclic amines) is 1. The van der Waals surface area contributed by atoms with Gasteiger partial charge in [0.25, 0.3) is 0 Å². The molecule has 1 saturated heterocycles.